The monoisotopic (exact) mass is 243 g/mol. The summed E-state index contributed by atoms with van der Waals surface area (Å²) in [7, 11) is 0. The van der Waals surface area contributed by atoms with E-state index in [1.54, 1.807) is 0 Å². The highest BCUT2D eigenvalue weighted by Crippen LogP contribution is 2.40. The van der Waals surface area contributed by atoms with E-state index >= 15 is 0 Å². The van der Waals surface area contributed by atoms with Crippen molar-refractivity contribution >= 4 is 5.82 Å². The fourth-order valence-corrected chi connectivity index (χ4v) is 2.93. The Hall–Kier alpha value is -1.33. The minimum Gasteiger partial charge on any atom is -0.351 e. The van der Waals surface area contributed by atoms with Gasteiger partial charge in [0.15, 0.2) is 0 Å². The van der Waals surface area contributed by atoms with E-state index in [2.05, 4.69) is 9.97 Å². The van der Waals surface area contributed by atoms with Gasteiger partial charge in [0, 0.05) is 18.2 Å². The van der Waals surface area contributed by atoms with Crippen molar-refractivity contribution in [2.24, 2.45) is 0 Å². The molecule has 2 bridgehead atoms. The van der Waals surface area contributed by atoms with E-state index in [1.165, 1.54) is 0 Å². The molecule has 3 heterocycles. The highest BCUT2D eigenvalue weighted by atomic mass is 19.4. The first-order valence-corrected chi connectivity index (χ1v) is 5.73. The molecule has 0 saturated carbocycles. The lowest BCUT2D eigenvalue weighted by Gasteiger charge is -2.23. The molecule has 0 spiro atoms. The molecule has 1 aromatic heterocycles. The fourth-order valence-electron chi connectivity index (χ4n) is 2.93. The summed E-state index contributed by atoms with van der Waals surface area (Å²) in [6, 6.07) is 1.81. The first-order chi connectivity index (χ1) is 8.05. The molecule has 0 aromatic carbocycles. The predicted octanol–water partition coefficient (Wildman–Crippen LogP) is 2.63. The van der Waals surface area contributed by atoms with E-state index in [-0.39, 0.29) is 0 Å². The quantitative estimate of drug-likeness (QED) is 0.759. The van der Waals surface area contributed by atoms with Crippen LogP contribution in [0.15, 0.2) is 12.4 Å². The molecule has 0 N–H and O–H groups in total. The van der Waals surface area contributed by atoms with Crippen LogP contribution in [0.2, 0.25) is 0 Å². The third-order valence-corrected chi connectivity index (χ3v) is 3.66. The minimum atomic E-state index is -4.39. The Morgan fingerprint density at radius 1 is 1.06 bits per heavy atom. The molecule has 0 atom stereocenters. The highest BCUT2D eigenvalue weighted by molar-refractivity contribution is 5.45. The smallest absolute Gasteiger partial charge is 0.351 e. The summed E-state index contributed by atoms with van der Waals surface area (Å²) in [4.78, 5) is 9.32. The molecule has 3 nitrogen and oxygen atoms in total. The van der Waals surface area contributed by atoms with Crippen LogP contribution >= 0.6 is 0 Å². The van der Waals surface area contributed by atoms with Gasteiger partial charge in [0.2, 0.25) is 0 Å². The predicted molar refractivity (Wildman–Crippen MR) is 55.6 cm³/mol. The fraction of sp³-hybridized carbons (Fsp3) is 0.636. The van der Waals surface area contributed by atoms with Crippen LogP contribution in [0.4, 0.5) is 19.0 Å². The van der Waals surface area contributed by atoms with Crippen molar-refractivity contribution < 1.29 is 13.2 Å². The number of rotatable bonds is 1. The van der Waals surface area contributed by atoms with Gasteiger partial charge in [-0.25, -0.2) is 9.97 Å². The average Bonchev–Trinajstić information content (AvgIpc) is 2.87. The van der Waals surface area contributed by atoms with Crippen LogP contribution in [0.5, 0.6) is 0 Å². The van der Waals surface area contributed by atoms with E-state index in [4.69, 9.17) is 0 Å². The molecular weight excluding hydrogens is 231 g/mol. The topological polar surface area (TPSA) is 29.0 Å². The van der Waals surface area contributed by atoms with Crippen LogP contribution in [0, 0.1) is 0 Å². The number of nitrogens with zero attached hydrogens (tertiary/aromatic N) is 3. The highest BCUT2D eigenvalue weighted by Gasteiger charge is 2.41. The molecule has 2 fully saturated rings. The summed E-state index contributed by atoms with van der Waals surface area (Å²) in [5.41, 5.74) is -0.853. The second-order valence-corrected chi connectivity index (χ2v) is 4.63. The van der Waals surface area contributed by atoms with Crippen LogP contribution in [-0.2, 0) is 6.18 Å². The van der Waals surface area contributed by atoms with Crippen LogP contribution in [-0.4, -0.2) is 22.1 Å². The van der Waals surface area contributed by atoms with Gasteiger partial charge in [-0.15, -0.1) is 0 Å². The van der Waals surface area contributed by atoms with Gasteiger partial charge in [-0.2, -0.15) is 13.2 Å². The number of aromatic nitrogens is 2. The van der Waals surface area contributed by atoms with Crippen molar-refractivity contribution in [2.75, 3.05) is 4.90 Å². The summed E-state index contributed by atoms with van der Waals surface area (Å²) >= 11 is 0. The Bertz CT molecular complexity index is 412. The molecule has 17 heavy (non-hydrogen) atoms. The molecule has 0 aliphatic carbocycles. The molecule has 0 radical (unpaired) electrons. The van der Waals surface area contributed by atoms with Crippen molar-refractivity contribution in [3.8, 4) is 0 Å². The Kier molecular flexibility index (Phi) is 2.27. The Labute approximate surface area is 96.7 Å². The van der Waals surface area contributed by atoms with E-state index in [0.717, 1.165) is 38.1 Å². The van der Waals surface area contributed by atoms with Gasteiger partial charge >= 0.3 is 6.18 Å². The van der Waals surface area contributed by atoms with E-state index in [1.807, 2.05) is 4.90 Å². The summed E-state index contributed by atoms with van der Waals surface area (Å²) in [5.74, 6) is 0.428. The molecule has 6 heteroatoms. The molecule has 0 amide bonds. The third kappa shape index (κ3) is 1.75. The number of hydrogen-bond acceptors (Lipinski definition) is 3. The lowest BCUT2D eigenvalue weighted by Crippen LogP contribution is -2.29. The summed E-state index contributed by atoms with van der Waals surface area (Å²) in [5, 5.41) is 0. The molecule has 2 aliphatic heterocycles. The normalized spacial score (nSPS) is 27.8. The number of hydrogen-bond donors (Lipinski definition) is 0. The van der Waals surface area contributed by atoms with Gasteiger partial charge in [-0.3, -0.25) is 0 Å². The van der Waals surface area contributed by atoms with E-state index < -0.39 is 11.9 Å². The maximum Gasteiger partial charge on any atom is 0.433 e. The Balaban J connectivity index is 1.94. The molecule has 3 rings (SSSR count). The molecule has 2 aliphatic rings. The van der Waals surface area contributed by atoms with Gasteiger partial charge in [-0.1, -0.05) is 0 Å². The van der Waals surface area contributed by atoms with Crippen molar-refractivity contribution in [1.82, 2.24) is 9.97 Å². The second-order valence-electron chi connectivity index (χ2n) is 4.63. The number of halogens is 3. The van der Waals surface area contributed by atoms with Crippen LogP contribution in [0.1, 0.15) is 31.4 Å². The molecule has 2 saturated heterocycles. The summed E-state index contributed by atoms with van der Waals surface area (Å²) < 4.78 is 37.7. The van der Waals surface area contributed by atoms with Gasteiger partial charge < -0.3 is 4.90 Å². The standard InChI is InChI=1S/C11H12F3N3/c12-11(13,14)9-5-10(16-6-15-9)17-7-1-2-8(17)4-3-7/h5-8H,1-4H2. The van der Waals surface area contributed by atoms with E-state index in [9.17, 15) is 13.2 Å². The molecular formula is C11H12F3N3. The largest absolute Gasteiger partial charge is 0.433 e. The molecule has 1 aromatic rings. The van der Waals surface area contributed by atoms with Crippen LogP contribution in [0.3, 0.4) is 0 Å². The number of alkyl halides is 3. The summed E-state index contributed by atoms with van der Waals surface area (Å²) in [6.07, 6.45) is 0.879. The van der Waals surface area contributed by atoms with Crippen LogP contribution < -0.4 is 4.90 Å². The Morgan fingerprint density at radius 3 is 2.18 bits per heavy atom. The lowest BCUT2D eigenvalue weighted by molar-refractivity contribution is -0.141. The molecule has 92 valence electrons. The zero-order valence-corrected chi connectivity index (χ0v) is 9.11. The first-order valence-electron chi connectivity index (χ1n) is 5.73. The van der Waals surface area contributed by atoms with Gasteiger partial charge in [-0.05, 0) is 25.7 Å². The van der Waals surface area contributed by atoms with Gasteiger partial charge in [0.25, 0.3) is 0 Å². The number of fused-ring (bicyclic) bond motifs is 2. The SMILES string of the molecule is FC(F)(F)c1cc(N2C3CCC2CC3)ncn1. The van der Waals surface area contributed by atoms with Gasteiger partial charge in [0.05, 0.1) is 0 Å². The van der Waals surface area contributed by atoms with Crippen molar-refractivity contribution in [3.05, 3.63) is 18.1 Å². The average molecular weight is 243 g/mol. The molecule has 0 unspecified atom stereocenters. The van der Waals surface area contributed by atoms with Crippen molar-refractivity contribution in [1.29, 1.82) is 0 Å². The zero-order chi connectivity index (χ0) is 12.0. The summed E-state index contributed by atoms with van der Waals surface area (Å²) in [6.45, 7) is 0. The Morgan fingerprint density at radius 2 is 1.65 bits per heavy atom. The lowest BCUT2D eigenvalue weighted by atomic mass is 10.0. The van der Waals surface area contributed by atoms with Crippen molar-refractivity contribution in [3.63, 3.8) is 0 Å². The van der Waals surface area contributed by atoms with Gasteiger partial charge in [0.1, 0.15) is 17.8 Å². The minimum absolute atomic E-state index is 0.371. The second kappa shape index (κ2) is 3.58. The maximum atomic E-state index is 12.6. The number of anilines is 1. The zero-order valence-electron chi connectivity index (χ0n) is 9.11. The van der Waals surface area contributed by atoms with E-state index in [0.29, 0.717) is 17.9 Å². The third-order valence-electron chi connectivity index (χ3n) is 3.66. The van der Waals surface area contributed by atoms with Crippen LogP contribution in [0.25, 0.3) is 0 Å². The van der Waals surface area contributed by atoms with Crippen molar-refractivity contribution in [2.45, 2.75) is 43.9 Å². The first kappa shape index (κ1) is 10.8. The maximum absolute atomic E-state index is 12.6.